The van der Waals surface area contributed by atoms with Crippen LogP contribution >= 0.6 is 0 Å². The first-order chi connectivity index (χ1) is 6.61. The normalized spacial score (nSPS) is 10.3. The van der Waals surface area contributed by atoms with Crippen molar-refractivity contribution in [2.75, 3.05) is 13.1 Å². The van der Waals surface area contributed by atoms with E-state index in [1.807, 2.05) is 6.92 Å². The summed E-state index contributed by atoms with van der Waals surface area (Å²) in [5, 5.41) is 1.44. The minimum absolute atomic E-state index is 0.393. The van der Waals surface area contributed by atoms with E-state index >= 15 is 0 Å². The molecule has 82 valence electrons. The average molecular weight is 200 g/mol. The molecule has 0 amide bonds. The Balaban J connectivity index is 3.78. The maximum absolute atomic E-state index is 11.1. The molecule has 4 nitrogen and oxygen atoms in total. The van der Waals surface area contributed by atoms with Crippen LogP contribution in [0.15, 0.2) is 12.2 Å². The van der Waals surface area contributed by atoms with Gasteiger partial charge in [0.2, 0.25) is 0 Å². The molecule has 0 aromatic rings. The molecule has 0 unspecified atom stereocenters. The molecule has 4 heteroatoms. The first kappa shape index (κ1) is 13.1. The van der Waals surface area contributed by atoms with Gasteiger partial charge in [0, 0.05) is 18.7 Å². The highest BCUT2D eigenvalue weighted by Crippen LogP contribution is 1.95. The van der Waals surface area contributed by atoms with Gasteiger partial charge in [0.15, 0.2) is 0 Å². The van der Waals surface area contributed by atoms with Gasteiger partial charge >= 0.3 is 5.97 Å². The molecule has 0 aromatic heterocycles. The number of hydrogen-bond acceptors (Lipinski definition) is 4. The lowest BCUT2D eigenvalue weighted by molar-refractivity contribution is -0.200. The number of carbonyl (C=O) groups excluding carboxylic acids is 1. The third-order valence-electron chi connectivity index (χ3n) is 1.65. The number of carbonyl (C=O) groups is 1. The fraction of sp³-hybridized carbons (Fsp3) is 0.700. The number of nitrogens with one attached hydrogen (secondary N) is 1. The van der Waals surface area contributed by atoms with E-state index in [0.717, 1.165) is 19.4 Å². The standard InChI is InChI=1S/C10H20N2O2/c1-5-7-8-11-12(6-2)14-10(13)9(3)4/h11H,3,5-8H2,1-2,4H3. The summed E-state index contributed by atoms with van der Waals surface area (Å²) in [5.41, 5.74) is 3.41. The summed E-state index contributed by atoms with van der Waals surface area (Å²) in [6, 6.07) is 0. The third-order valence-corrected chi connectivity index (χ3v) is 1.65. The Bertz CT molecular complexity index is 193. The number of nitrogens with zero attached hydrogens (tertiary/aromatic N) is 1. The predicted octanol–water partition coefficient (Wildman–Crippen LogP) is 1.65. The van der Waals surface area contributed by atoms with Crippen LogP contribution in [0.3, 0.4) is 0 Å². The van der Waals surface area contributed by atoms with Crippen LogP contribution in [0.2, 0.25) is 0 Å². The molecule has 0 aliphatic carbocycles. The molecule has 0 aromatic carbocycles. The second kappa shape index (κ2) is 7.53. The van der Waals surface area contributed by atoms with Gasteiger partial charge < -0.3 is 4.84 Å². The Labute approximate surface area is 85.8 Å². The van der Waals surface area contributed by atoms with E-state index in [1.54, 1.807) is 6.92 Å². The van der Waals surface area contributed by atoms with Crippen LogP contribution in [0.25, 0.3) is 0 Å². The van der Waals surface area contributed by atoms with Crippen LogP contribution in [0.1, 0.15) is 33.6 Å². The smallest absolute Gasteiger partial charge is 0.349 e. The van der Waals surface area contributed by atoms with Gasteiger partial charge in [0.25, 0.3) is 0 Å². The maximum Gasteiger partial charge on any atom is 0.353 e. The van der Waals surface area contributed by atoms with Crippen LogP contribution < -0.4 is 5.43 Å². The zero-order valence-corrected chi connectivity index (χ0v) is 9.30. The maximum atomic E-state index is 11.1. The van der Waals surface area contributed by atoms with E-state index in [-0.39, 0.29) is 0 Å². The summed E-state index contributed by atoms with van der Waals surface area (Å²) in [7, 11) is 0. The van der Waals surface area contributed by atoms with Crippen molar-refractivity contribution in [3.63, 3.8) is 0 Å². The van der Waals surface area contributed by atoms with Crippen molar-refractivity contribution in [2.45, 2.75) is 33.6 Å². The molecule has 1 N–H and O–H groups in total. The SMILES string of the molecule is C=C(C)C(=O)ON(CC)NCCCC. The van der Waals surface area contributed by atoms with E-state index < -0.39 is 5.97 Å². The van der Waals surface area contributed by atoms with Crippen LogP contribution in [0, 0.1) is 0 Å². The molecule has 14 heavy (non-hydrogen) atoms. The highest BCUT2D eigenvalue weighted by Gasteiger charge is 2.09. The lowest BCUT2D eigenvalue weighted by atomic mass is 10.3. The summed E-state index contributed by atoms with van der Waals surface area (Å²) in [5.74, 6) is -0.393. The van der Waals surface area contributed by atoms with E-state index in [2.05, 4.69) is 18.9 Å². The summed E-state index contributed by atoms with van der Waals surface area (Å²) < 4.78 is 0. The number of unbranched alkanes of at least 4 members (excludes halogenated alkanes) is 1. The largest absolute Gasteiger partial charge is 0.353 e. The molecule has 0 radical (unpaired) electrons. The second-order valence-electron chi connectivity index (χ2n) is 3.12. The van der Waals surface area contributed by atoms with Gasteiger partial charge in [-0.15, -0.1) is 0 Å². The minimum atomic E-state index is -0.393. The Hall–Kier alpha value is -0.870. The second-order valence-corrected chi connectivity index (χ2v) is 3.12. The van der Waals surface area contributed by atoms with Crippen molar-refractivity contribution in [1.29, 1.82) is 0 Å². The van der Waals surface area contributed by atoms with Gasteiger partial charge in [-0.25, -0.2) is 10.2 Å². The van der Waals surface area contributed by atoms with Gasteiger partial charge in [0.1, 0.15) is 0 Å². The van der Waals surface area contributed by atoms with Gasteiger partial charge in [-0.05, 0) is 20.3 Å². The van der Waals surface area contributed by atoms with E-state index in [1.165, 1.54) is 5.17 Å². The van der Waals surface area contributed by atoms with E-state index in [9.17, 15) is 4.79 Å². The van der Waals surface area contributed by atoms with Crippen LogP contribution in [0.5, 0.6) is 0 Å². The lowest BCUT2D eigenvalue weighted by Gasteiger charge is -2.19. The average Bonchev–Trinajstić information content (AvgIpc) is 2.16. The third kappa shape index (κ3) is 5.72. The Morgan fingerprint density at radius 2 is 2.14 bits per heavy atom. The van der Waals surface area contributed by atoms with Crippen LogP contribution in [0.4, 0.5) is 0 Å². The quantitative estimate of drug-likeness (QED) is 0.385. The molecular formula is C10H20N2O2. The monoisotopic (exact) mass is 200 g/mol. The summed E-state index contributed by atoms with van der Waals surface area (Å²) in [4.78, 5) is 16.1. The Morgan fingerprint density at radius 1 is 1.50 bits per heavy atom. The van der Waals surface area contributed by atoms with Crippen molar-refractivity contribution in [3.05, 3.63) is 12.2 Å². The number of rotatable bonds is 7. The van der Waals surface area contributed by atoms with Crippen molar-refractivity contribution >= 4 is 5.97 Å². The van der Waals surface area contributed by atoms with Gasteiger partial charge in [-0.2, -0.15) is 0 Å². The lowest BCUT2D eigenvalue weighted by Crippen LogP contribution is -2.40. The fourth-order valence-corrected chi connectivity index (χ4v) is 0.767. The molecule has 0 spiro atoms. The first-order valence-electron chi connectivity index (χ1n) is 5.00. The van der Waals surface area contributed by atoms with Gasteiger partial charge in [-0.1, -0.05) is 25.1 Å². The van der Waals surface area contributed by atoms with Crippen molar-refractivity contribution in [2.24, 2.45) is 0 Å². The Kier molecular flexibility index (Phi) is 7.06. The molecule has 0 atom stereocenters. The summed E-state index contributed by atoms with van der Waals surface area (Å²) in [6.07, 6.45) is 2.17. The molecule has 0 rings (SSSR count). The van der Waals surface area contributed by atoms with Crippen molar-refractivity contribution in [1.82, 2.24) is 10.6 Å². The van der Waals surface area contributed by atoms with Crippen LogP contribution in [-0.2, 0) is 9.63 Å². The van der Waals surface area contributed by atoms with Crippen LogP contribution in [-0.4, -0.2) is 24.2 Å². The van der Waals surface area contributed by atoms with Gasteiger partial charge in [0.05, 0.1) is 0 Å². The molecule has 0 heterocycles. The molecular weight excluding hydrogens is 180 g/mol. The molecule has 0 saturated heterocycles. The minimum Gasteiger partial charge on any atom is -0.349 e. The van der Waals surface area contributed by atoms with Gasteiger partial charge in [-0.3, -0.25) is 0 Å². The number of hydrazine groups is 1. The fourth-order valence-electron chi connectivity index (χ4n) is 0.767. The molecule has 0 saturated carbocycles. The molecule has 0 aliphatic rings. The number of hydroxylamine groups is 1. The van der Waals surface area contributed by atoms with E-state index in [0.29, 0.717) is 12.1 Å². The first-order valence-corrected chi connectivity index (χ1v) is 5.00. The zero-order chi connectivity index (χ0) is 11.0. The summed E-state index contributed by atoms with van der Waals surface area (Å²) in [6.45, 7) is 10.6. The molecule has 0 aliphatic heterocycles. The molecule has 0 bridgehead atoms. The topological polar surface area (TPSA) is 41.6 Å². The summed E-state index contributed by atoms with van der Waals surface area (Å²) >= 11 is 0. The van der Waals surface area contributed by atoms with Crippen molar-refractivity contribution < 1.29 is 9.63 Å². The number of hydrogen-bond donors (Lipinski definition) is 1. The highest BCUT2D eigenvalue weighted by atomic mass is 16.7. The zero-order valence-electron chi connectivity index (χ0n) is 9.30. The predicted molar refractivity (Wildman–Crippen MR) is 56.2 cm³/mol. The highest BCUT2D eigenvalue weighted by molar-refractivity contribution is 5.86. The van der Waals surface area contributed by atoms with Crippen molar-refractivity contribution in [3.8, 4) is 0 Å². The van der Waals surface area contributed by atoms with E-state index in [4.69, 9.17) is 4.84 Å². The Morgan fingerprint density at radius 3 is 2.57 bits per heavy atom. The molecule has 0 fully saturated rings.